The van der Waals surface area contributed by atoms with Gasteiger partial charge in [-0.25, -0.2) is 0 Å². The molecule has 2 N–H and O–H groups in total. The van der Waals surface area contributed by atoms with Crippen molar-refractivity contribution in [3.63, 3.8) is 0 Å². The van der Waals surface area contributed by atoms with Gasteiger partial charge in [-0.1, -0.05) is 39.0 Å². The van der Waals surface area contributed by atoms with Gasteiger partial charge in [0.1, 0.15) is 0 Å². The molecule has 0 bridgehead atoms. The molecule has 0 aromatic heterocycles. The smallest absolute Gasteiger partial charge is 0.0399 e. The lowest BCUT2D eigenvalue weighted by Crippen LogP contribution is -2.34. The minimum Gasteiger partial charge on any atom is -0.371 e. The molecule has 0 saturated carbocycles. The van der Waals surface area contributed by atoms with Gasteiger partial charge in [-0.15, -0.1) is 0 Å². The van der Waals surface area contributed by atoms with Crippen molar-refractivity contribution in [3.05, 3.63) is 29.8 Å². The third kappa shape index (κ3) is 3.74. The minimum atomic E-state index is 0.258. The van der Waals surface area contributed by atoms with Crippen LogP contribution in [-0.2, 0) is 6.42 Å². The first-order valence-electron chi connectivity index (χ1n) is 7.03. The minimum absolute atomic E-state index is 0.258. The van der Waals surface area contributed by atoms with E-state index in [2.05, 4.69) is 63.9 Å². The molecule has 2 nitrogen and oxygen atoms in total. The number of benzene rings is 1. The maximum Gasteiger partial charge on any atom is 0.0399 e. The fraction of sp³-hybridized carbons (Fsp3) is 0.625. The molecule has 1 aromatic carbocycles. The van der Waals surface area contributed by atoms with Gasteiger partial charge in [-0.3, -0.25) is 0 Å². The number of nitrogens with zero attached hydrogens (tertiary/aromatic N) is 1. The zero-order valence-electron chi connectivity index (χ0n) is 12.5. The Morgan fingerprint density at radius 1 is 1.17 bits per heavy atom. The predicted octanol–water partition coefficient (Wildman–Crippen LogP) is 3.45. The monoisotopic (exact) mass is 248 g/mol. The number of rotatable bonds is 6. The average molecular weight is 248 g/mol. The molecule has 0 spiro atoms. The molecule has 1 rings (SSSR count). The number of nitrogens with two attached hydrogens (primary N) is 1. The Labute approximate surface area is 112 Å². The lowest BCUT2D eigenvalue weighted by molar-refractivity contribution is 0.504. The Bertz CT molecular complexity index is 360. The van der Waals surface area contributed by atoms with E-state index >= 15 is 0 Å². The van der Waals surface area contributed by atoms with Crippen LogP contribution in [0.5, 0.6) is 0 Å². The van der Waals surface area contributed by atoms with E-state index in [1.54, 1.807) is 0 Å². The summed E-state index contributed by atoms with van der Waals surface area (Å²) in [6.07, 6.45) is 1.99. The van der Waals surface area contributed by atoms with Crippen LogP contribution in [-0.4, -0.2) is 19.1 Å². The van der Waals surface area contributed by atoms with Crippen LogP contribution in [0.3, 0.4) is 0 Å². The van der Waals surface area contributed by atoms with Crippen LogP contribution in [0, 0.1) is 5.92 Å². The predicted molar refractivity (Wildman–Crippen MR) is 81.1 cm³/mol. The molecule has 2 heteroatoms. The largest absolute Gasteiger partial charge is 0.371 e. The number of hydrogen-bond donors (Lipinski definition) is 1. The van der Waals surface area contributed by atoms with Crippen molar-refractivity contribution in [1.82, 2.24) is 0 Å². The molecule has 18 heavy (non-hydrogen) atoms. The van der Waals surface area contributed by atoms with Gasteiger partial charge >= 0.3 is 0 Å². The Hall–Kier alpha value is -1.02. The lowest BCUT2D eigenvalue weighted by atomic mass is 9.99. The van der Waals surface area contributed by atoms with Gasteiger partial charge in [0.2, 0.25) is 0 Å². The van der Waals surface area contributed by atoms with E-state index in [4.69, 9.17) is 5.73 Å². The lowest BCUT2D eigenvalue weighted by Gasteiger charge is -2.32. The Morgan fingerprint density at radius 2 is 1.78 bits per heavy atom. The molecule has 0 saturated heterocycles. The first kappa shape index (κ1) is 15.0. The van der Waals surface area contributed by atoms with E-state index < -0.39 is 0 Å². The highest BCUT2D eigenvalue weighted by molar-refractivity contribution is 5.54. The van der Waals surface area contributed by atoms with E-state index in [0.717, 1.165) is 12.8 Å². The standard InChI is InChI=1S/C16H28N2/c1-6-15(17)11-14-9-7-8-10-16(14)18(5)13(4)12(2)3/h7-10,12-13,15H,6,11,17H2,1-5H3. The van der Waals surface area contributed by atoms with Crippen LogP contribution in [0.1, 0.15) is 39.7 Å². The third-order valence-electron chi connectivity index (χ3n) is 3.95. The van der Waals surface area contributed by atoms with E-state index in [1.165, 1.54) is 11.3 Å². The van der Waals surface area contributed by atoms with Crippen LogP contribution < -0.4 is 10.6 Å². The molecule has 0 aliphatic rings. The van der Waals surface area contributed by atoms with Gasteiger partial charge in [0.15, 0.2) is 0 Å². The molecular formula is C16H28N2. The van der Waals surface area contributed by atoms with Gasteiger partial charge in [-0.05, 0) is 37.3 Å². The van der Waals surface area contributed by atoms with Gasteiger partial charge in [0.05, 0.1) is 0 Å². The van der Waals surface area contributed by atoms with Gasteiger partial charge in [-0.2, -0.15) is 0 Å². The second-order valence-corrected chi connectivity index (χ2v) is 5.60. The van der Waals surface area contributed by atoms with Crippen LogP contribution in [0.15, 0.2) is 24.3 Å². The summed E-state index contributed by atoms with van der Waals surface area (Å²) in [6.45, 7) is 8.96. The zero-order chi connectivity index (χ0) is 13.7. The topological polar surface area (TPSA) is 29.3 Å². The highest BCUT2D eigenvalue weighted by Gasteiger charge is 2.16. The van der Waals surface area contributed by atoms with Crippen molar-refractivity contribution in [2.24, 2.45) is 11.7 Å². The second-order valence-electron chi connectivity index (χ2n) is 5.60. The number of anilines is 1. The van der Waals surface area contributed by atoms with Crippen molar-refractivity contribution in [1.29, 1.82) is 0 Å². The molecule has 0 fully saturated rings. The molecule has 2 unspecified atom stereocenters. The Balaban J connectivity index is 2.94. The maximum atomic E-state index is 6.09. The normalized spacial score (nSPS) is 14.6. The summed E-state index contributed by atoms with van der Waals surface area (Å²) in [4.78, 5) is 2.38. The van der Waals surface area contributed by atoms with Crippen LogP contribution in [0.4, 0.5) is 5.69 Å². The van der Waals surface area contributed by atoms with E-state index in [1.807, 2.05) is 0 Å². The van der Waals surface area contributed by atoms with Crippen molar-refractivity contribution in [2.75, 3.05) is 11.9 Å². The highest BCUT2D eigenvalue weighted by Crippen LogP contribution is 2.24. The molecule has 0 heterocycles. The average Bonchev–Trinajstić information content (AvgIpc) is 2.37. The first-order valence-corrected chi connectivity index (χ1v) is 7.03. The number of para-hydroxylation sites is 1. The molecule has 102 valence electrons. The molecule has 1 aromatic rings. The molecular weight excluding hydrogens is 220 g/mol. The number of hydrogen-bond acceptors (Lipinski definition) is 2. The maximum absolute atomic E-state index is 6.09. The van der Waals surface area contributed by atoms with Crippen LogP contribution in [0.25, 0.3) is 0 Å². The van der Waals surface area contributed by atoms with Gasteiger partial charge < -0.3 is 10.6 Å². The van der Waals surface area contributed by atoms with Gasteiger partial charge in [0, 0.05) is 24.8 Å². The van der Waals surface area contributed by atoms with Crippen molar-refractivity contribution < 1.29 is 0 Å². The van der Waals surface area contributed by atoms with E-state index in [-0.39, 0.29) is 6.04 Å². The summed E-state index contributed by atoms with van der Waals surface area (Å²) < 4.78 is 0. The van der Waals surface area contributed by atoms with E-state index in [0.29, 0.717) is 12.0 Å². The fourth-order valence-electron chi connectivity index (χ4n) is 2.12. The molecule has 0 aliphatic carbocycles. The summed E-state index contributed by atoms with van der Waals surface area (Å²) >= 11 is 0. The zero-order valence-corrected chi connectivity index (χ0v) is 12.5. The summed E-state index contributed by atoms with van der Waals surface area (Å²) in [5, 5.41) is 0. The molecule has 0 amide bonds. The molecule has 0 aliphatic heterocycles. The fourth-order valence-corrected chi connectivity index (χ4v) is 2.12. The summed E-state index contributed by atoms with van der Waals surface area (Å²) in [5.41, 5.74) is 8.78. The quantitative estimate of drug-likeness (QED) is 0.835. The summed E-state index contributed by atoms with van der Waals surface area (Å²) in [6, 6.07) is 9.41. The first-order chi connectivity index (χ1) is 8.47. The highest BCUT2D eigenvalue weighted by atomic mass is 15.1. The third-order valence-corrected chi connectivity index (χ3v) is 3.95. The second kappa shape index (κ2) is 6.79. The Kier molecular flexibility index (Phi) is 5.67. The van der Waals surface area contributed by atoms with E-state index in [9.17, 15) is 0 Å². The molecule has 2 atom stereocenters. The van der Waals surface area contributed by atoms with Gasteiger partial charge in [0.25, 0.3) is 0 Å². The SMILES string of the molecule is CCC(N)Cc1ccccc1N(C)C(C)C(C)C. The van der Waals surface area contributed by atoms with Crippen molar-refractivity contribution in [2.45, 2.75) is 52.6 Å². The van der Waals surface area contributed by atoms with Crippen LogP contribution >= 0.6 is 0 Å². The summed E-state index contributed by atoms with van der Waals surface area (Å²) in [5.74, 6) is 0.642. The van der Waals surface area contributed by atoms with Crippen molar-refractivity contribution in [3.8, 4) is 0 Å². The van der Waals surface area contributed by atoms with Crippen molar-refractivity contribution >= 4 is 5.69 Å². The summed E-state index contributed by atoms with van der Waals surface area (Å²) in [7, 11) is 2.18. The van der Waals surface area contributed by atoms with Crippen LogP contribution in [0.2, 0.25) is 0 Å². The molecule has 0 radical (unpaired) electrons. The Morgan fingerprint density at radius 3 is 2.33 bits per heavy atom.